The molecule has 0 radical (unpaired) electrons. The summed E-state index contributed by atoms with van der Waals surface area (Å²) in [4.78, 5) is 2.58. The lowest BCUT2D eigenvalue weighted by Crippen LogP contribution is -2.18. The van der Waals surface area contributed by atoms with E-state index in [-0.39, 0.29) is 5.41 Å². The largest absolute Gasteiger partial charge is 0.310 e. The van der Waals surface area contributed by atoms with E-state index in [1.54, 1.807) is 0 Å². The number of benzene rings is 7. The molecule has 292 valence electrons. The van der Waals surface area contributed by atoms with E-state index in [9.17, 15) is 0 Å². The molecule has 2 bridgehead atoms. The topological polar surface area (TPSA) is 3.24 Å². The Hall–Kier alpha value is -5.66. The van der Waals surface area contributed by atoms with Gasteiger partial charge in [0.05, 0.1) is 5.69 Å². The van der Waals surface area contributed by atoms with Gasteiger partial charge in [0.1, 0.15) is 0 Å². The number of anilines is 3. The summed E-state index contributed by atoms with van der Waals surface area (Å²) in [6.45, 7) is 4.88. The molecule has 0 aromatic heterocycles. The second-order valence-electron chi connectivity index (χ2n) is 18.7. The highest BCUT2D eigenvalue weighted by molar-refractivity contribution is 5.97. The van der Waals surface area contributed by atoms with Crippen LogP contribution in [-0.2, 0) is 5.41 Å². The van der Waals surface area contributed by atoms with Gasteiger partial charge in [-0.05, 0) is 153 Å². The van der Waals surface area contributed by atoms with Crippen molar-refractivity contribution in [3.63, 3.8) is 0 Å². The maximum atomic E-state index is 2.58. The fraction of sp³-hybridized carbons (Fsp3) is 0.276. The summed E-state index contributed by atoms with van der Waals surface area (Å²) in [6, 6.07) is 62.6. The summed E-state index contributed by atoms with van der Waals surface area (Å²) in [7, 11) is 0. The highest BCUT2D eigenvalue weighted by Gasteiger charge is 2.41. The van der Waals surface area contributed by atoms with Gasteiger partial charge in [-0.25, -0.2) is 0 Å². The quantitative estimate of drug-likeness (QED) is 0.149. The Balaban J connectivity index is 1.11. The third kappa shape index (κ3) is 6.37. The van der Waals surface area contributed by atoms with Gasteiger partial charge < -0.3 is 4.90 Å². The number of fused-ring (bicyclic) bond motifs is 5. The second kappa shape index (κ2) is 14.9. The molecule has 0 N–H and O–H groups in total. The molecule has 1 nitrogen and oxygen atoms in total. The summed E-state index contributed by atoms with van der Waals surface area (Å²) >= 11 is 0. The van der Waals surface area contributed by atoms with Gasteiger partial charge in [0.25, 0.3) is 0 Å². The molecule has 59 heavy (non-hydrogen) atoms. The first-order chi connectivity index (χ1) is 29.0. The standard InChI is InChI=1S/C58H55N/c1-58(2)55-38-56(53(42-20-10-5-11-21-42)37-54(55)51-27-15-26-50(57(51)58)41-18-8-4-9-19-41)59(46-32-30-43(31-33-46)52-35-39-28-29-45(52)34-39)47-23-14-22-44(36-47)49-25-13-12-24-48(49)40-16-6-3-7-17-40/h4-5,8-15,18-27,30-33,36-40,45,52H,3,6-7,16-17,28-29,34-35H2,1-2H3. The minimum Gasteiger partial charge on any atom is -0.310 e. The lowest BCUT2D eigenvalue weighted by atomic mass is 9.78. The van der Waals surface area contributed by atoms with Crippen LogP contribution in [0, 0.1) is 11.8 Å². The fourth-order valence-electron chi connectivity index (χ4n) is 12.1. The van der Waals surface area contributed by atoms with Crippen molar-refractivity contribution in [1.29, 1.82) is 0 Å². The second-order valence-corrected chi connectivity index (χ2v) is 18.7. The molecule has 0 saturated heterocycles. The van der Waals surface area contributed by atoms with Gasteiger partial charge in [0, 0.05) is 22.4 Å². The van der Waals surface area contributed by atoms with Crippen molar-refractivity contribution in [3.05, 3.63) is 186 Å². The van der Waals surface area contributed by atoms with Gasteiger partial charge in [-0.2, -0.15) is 0 Å². The molecule has 1 heteroatoms. The maximum Gasteiger partial charge on any atom is 0.0543 e. The van der Waals surface area contributed by atoms with Crippen LogP contribution in [0.2, 0.25) is 0 Å². The van der Waals surface area contributed by atoms with Crippen molar-refractivity contribution >= 4 is 17.1 Å². The minimum atomic E-state index is -0.209. The molecular weight excluding hydrogens is 711 g/mol. The summed E-state index contributed by atoms with van der Waals surface area (Å²) < 4.78 is 0. The van der Waals surface area contributed by atoms with E-state index in [0.717, 1.165) is 11.8 Å². The summed E-state index contributed by atoms with van der Waals surface area (Å²) in [5.41, 5.74) is 19.7. The van der Waals surface area contributed by atoms with Crippen molar-refractivity contribution in [2.24, 2.45) is 11.8 Å². The van der Waals surface area contributed by atoms with Crippen LogP contribution < -0.4 is 4.90 Å². The van der Waals surface area contributed by atoms with Gasteiger partial charge in [0.15, 0.2) is 0 Å². The smallest absolute Gasteiger partial charge is 0.0543 e. The molecule has 4 aliphatic rings. The predicted octanol–water partition coefficient (Wildman–Crippen LogP) is 16.4. The normalized spacial score (nSPS) is 20.3. The zero-order chi connectivity index (χ0) is 39.5. The van der Waals surface area contributed by atoms with Gasteiger partial charge in [-0.1, -0.05) is 167 Å². The van der Waals surface area contributed by atoms with E-state index in [1.807, 2.05) is 0 Å². The van der Waals surface area contributed by atoms with E-state index >= 15 is 0 Å². The molecule has 0 heterocycles. The summed E-state index contributed by atoms with van der Waals surface area (Å²) in [6.07, 6.45) is 12.2. The third-order valence-corrected chi connectivity index (χ3v) is 14.9. The van der Waals surface area contributed by atoms with Crippen LogP contribution in [0.15, 0.2) is 164 Å². The zero-order valence-corrected chi connectivity index (χ0v) is 34.7. The molecule has 3 saturated carbocycles. The molecule has 0 aliphatic heterocycles. The minimum absolute atomic E-state index is 0.209. The van der Waals surface area contributed by atoms with Crippen molar-refractivity contribution < 1.29 is 0 Å². The maximum absolute atomic E-state index is 2.58. The Morgan fingerprint density at radius 2 is 1.14 bits per heavy atom. The highest BCUT2D eigenvalue weighted by Crippen LogP contribution is 2.57. The molecular formula is C58H55N. The van der Waals surface area contributed by atoms with Gasteiger partial charge in [-0.15, -0.1) is 0 Å². The van der Waals surface area contributed by atoms with Crippen LogP contribution in [0.3, 0.4) is 0 Å². The molecule has 7 aromatic rings. The zero-order valence-electron chi connectivity index (χ0n) is 34.7. The van der Waals surface area contributed by atoms with Gasteiger partial charge >= 0.3 is 0 Å². The summed E-state index contributed by atoms with van der Waals surface area (Å²) in [5, 5.41) is 0. The molecule has 3 atom stereocenters. The van der Waals surface area contributed by atoms with Gasteiger partial charge in [0.2, 0.25) is 0 Å². The fourth-order valence-corrected chi connectivity index (χ4v) is 12.1. The van der Waals surface area contributed by atoms with Crippen LogP contribution in [0.4, 0.5) is 17.1 Å². The number of rotatable bonds is 8. The first kappa shape index (κ1) is 36.4. The number of hydrogen-bond acceptors (Lipinski definition) is 1. The Labute approximate surface area is 351 Å². The molecule has 3 fully saturated rings. The van der Waals surface area contributed by atoms with Crippen LogP contribution in [0.25, 0.3) is 44.5 Å². The van der Waals surface area contributed by atoms with Crippen molar-refractivity contribution in [3.8, 4) is 44.5 Å². The SMILES string of the molecule is CC1(C)c2cc(N(c3ccc(C4CC5CCC4C5)cc3)c3cccc(-c4ccccc4C4CCCCC4)c3)c(-c3ccccc3)cc2-c2cccc(-c3ccccc3)c21. The van der Waals surface area contributed by atoms with E-state index in [4.69, 9.17) is 0 Å². The van der Waals surface area contributed by atoms with Crippen LogP contribution in [0.5, 0.6) is 0 Å². The first-order valence-corrected chi connectivity index (χ1v) is 22.5. The first-order valence-electron chi connectivity index (χ1n) is 22.5. The van der Waals surface area contributed by atoms with Crippen LogP contribution >= 0.6 is 0 Å². The Morgan fingerprint density at radius 3 is 1.86 bits per heavy atom. The molecule has 0 amide bonds. The van der Waals surface area contributed by atoms with Crippen molar-refractivity contribution in [1.82, 2.24) is 0 Å². The molecule has 7 aromatic carbocycles. The van der Waals surface area contributed by atoms with Crippen LogP contribution in [-0.4, -0.2) is 0 Å². The van der Waals surface area contributed by atoms with Crippen molar-refractivity contribution in [2.75, 3.05) is 4.90 Å². The Bertz CT molecular complexity index is 2630. The van der Waals surface area contributed by atoms with Crippen molar-refractivity contribution in [2.45, 2.75) is 88.9 Å². The summed E-state index contributed by atoms with van der Waals surface area (Å²) in [5.74, 6) is 3.11. The van der Waals surface area contributed by atoms with E-state index in [0.29, 0.717) is 11.8 Å². The monoisotopic (exact) mass is 765 g/mol. The molecule has 11 rings (SSSR count). The highest BCUT2D eigenvalue weighted by atomic mass is 15.1. The average Bonchev–Trinajstić information content (AvgIpc) is 4.00. The number of hydrogen-bond donors (Lipinski definition) is 0. The third-order valence-electron chi connectivity index (χ3n) is 14.9. The molecule has 3 unspecified atom stereocenters. The van der Waals surface area contributed by atoms with E-state index in [1.165, 1.54) is 142 Å². The lowest BCUT2D eigenvalue weighted by molar-refractivity contribution is 0.420. The molecule has 0 spiro atoms. The molecule has 4 aliphatic carbocycles. The van der Waals surface area contributed by atoms with Gasteiger partial charge in [-0.3, -0.25) is 0 Å². The average molecular weight is 766 g/mol. The predicted molar refractivity (Wildman–Crippen MR) is 249 cm³/mol. The van der Waals surface area contributed by atoms with E-state index < -0.39 is 0 Å². The van der Waals surface area contributed by atoms with Crippen LogP contribution in [0.1, 0.15) is 106 Å². The number of nitrogens with zero attached hydrogens (tertiary/aromatic N) is 1. The lowest BCUT2D eigenvalue weighted by Gasteiger charge is -2.32. The Morgan fingerprint density at radius 1 is 0.475 bits per heavy atom. The van der Waals surface area contributed by atoms with E-state index in [2.05, 4.69) is 183 Å². The Kier molecular flexibility index (Phi) is 9.18.